The van der Waals surface area contributed by atoms with Crippen molar-refractivity contribution in [3.8, 4) is 11.5 Å². The van der Waals surface area contributed by atoms with E-state index in [0.29, 0.717) is 17.0 Å². The summed E-state index contributed by atoms with van der Waals surface area (Å²) in [5.41, 5.74) is 1.19. The minimum atomic E-state index is -1.04. The second-order valence-corrected chi connectivity index (χ2v) is 5.71. The summed E-state index contributed by atoms with van der Waals surface area (Å²) in [4.78, 5) is 35.9. The van der Waals surface area contributed by atoms with Crippen LogP contribution in [0.4, 0.5) is 5.69 Å². The number of carbonyl (C=O) groups is 3. The molecular formula is C20H21NO6. The van der Waals surface area contributed by atoms with E-state index >= 15 is 0 Å². The van der Waals surface area contributed by atoms with Crippen LogP contribution >= 0.6 is 0 Å². The molecule has 0 aliphatic heterocycles. The van der Waals surface area contributed by atoms with E-state index in [0.717, 1.165) is 0 Å². The number of hydrogen-bond acceptors (Lipinski definition) is 6. The molecule has 0 radical (unpaired) electrons. The lowest BCUT2D eigenvalue weighted by Gasteiger charge is -2.16. The Labute approximate surface area is 157 Å². The SMILES string of the molecule is COc1cccc(C(=O)O[C@@H](C)C(=O)Nc2ccc(C(C)=O)cc2)c1OC. The number of carbonyl (C=O) groups excluding carboxylic acids is 3. The average molecular weight is 371 g/mol. The van der Waals surface area contributed by atoms with Gasteiger partial charge < -0.3 is 19.5 Å². The van der Waals surface area contributed by atoms with Crippen molar-refractivity contribution in [1.82, 2.24) is 0 Å². The highest BCUT2D eigenvalue weighted by molar-refractivity contribution is 5.99. The lowest BCUT2D eigenvalue weighted by molar-refractivity contribution is -0.123. The molecule has 1 N–H and O–H groups in total. The van der Waals surface area contributed by atoms with E-state index in [2.05, 4.69) is 5.32 Å². The molecule has 0 spiro atoms. The van der Waals surface area contributed by atoms with Gasteiger partial charge in [0.25, 0.3) is 5.91 Å². The van der Waals surface area contributed by atoms with Crippen molar-refractivity contribution in [3.05, 3.63) is 53.6 Å². The topological polar surface area (TPSA) is 90.9 Å². The number of anilines is 1. The third-order valence-electron chi connectivity index (χ3n) is 3.83. The number of nitrogens with one attached hydrogen (secondary N) is 1. The monoisotopic (exact) mass is 371 g/mol. The van der Waals surface area contributed by atoms with Crippen LogP contribution in [0.1, 0.15) is 34.6 Å². The van der Waals surface area contributed by atoms with Crippen molar-refractivity contribution < 1.29 is 28.6 Å². The van der Waals surface area contributed by atoms with Crippen LogP contribution in [0.25, 0.3) is 0 Å². The van der Waals surface area contributed by atoms with Gasteiger partial charge in [0.2, 0.25) is 0 Å². The van der Waals surface area contributed by atoms with Crippen LogP contribution in [0.15, 0.2) is 42.5 Å². The molecular weight excluding hydrogens is 350 g/mol. The fourth-order valence-corrected chi connectivity index (χ4v) is 2.36. The number of para-hydroxylation sites is 1. The Morgan fingerprint density at radius 1 is 0.963 bits per heavy atom. The van der Waals surface area contributed by atoms with Crippen LogP contribution in [-0.2, 0) is 9.53 Å². The van der Waals surface area contributed by atoms with Crippen LogP contribution in [-0.4, -0.2) is 38.0 Å². The Balaban J connectivity index is 2.05. The summed E-state index contributed by atoms with van der Waals surface area (Å²) in [6, 6.07) is 11.2. The van der Waals surface area contributed by atoms with Gasteiger partial charge in [0.1, 0.15) is 5.56 Å². The van der Waals surface area contributed by atoms with E-state index in [1.165, 1.54) is 34.1 Å². The van der Waals surface area contributed by atoms with E-state index < -0.39 is 18.0 Å². The molecule has 0 bridgehead atoms. The summed E-state index contributed by atoms with van der Waals surface area (Å²) in [6.45, 7) is 2.92. The van der Waals surface area contributed by atoms with Crippen molar-refractivity contribution in [1.29, 1.82) is 0 Å². The minimum absolute atomic E-state index is 0.0672. The first-order valence-electron chi connectivity index (χ1n) is 8.21. The van der Waals surface area contributed by atoms with Crippen LogP contribution in [0.2, 0.25) is 0 Å². The Morgan fingerprint density at radius 2 is 1.63 bits per heavy atom. The first-order valence-corrected chi connectivity index (χ1v) is 8.21. The highest BCUT2D eigenvalue weighted by atomic mass is 16.6. The Bertz CT molecular complexity index is 844. The summed E-state index contributed by atoms with van der Waals surface area (Å²) < 4.78 is 15.6. The van der Waals surface area contributed by atoms with Gasteiger partial charge in [0.05, 0.1) is 14.2 Å². The maximum Gasteiger partial charge on any atom is 0.342 e. The van der Waals surface area contributed by atoms with Crippen LogP contribution in [0.5, 0.6) is 11.5 Å². The van der Waals surface area contributed by atoms with E-state index in [1.54, 1.807) is 36.4 Å². The van der Waals surface area contributed by atoms with E-state index in [4.69, 9.17) is 14.2 Å². The first-order chi connectivity index (χ1) is 12.9. The normalized spacial score (nSPS) is 11.3. The average Bonchev–Trinajstić information content (AvgIpc) is 2.67. The van der Waals surface area contributed by atoms with Gasteiger partial charge in [0, 0.05) is 11.3 Å². The second-order valence-electron chi connectivity index (χ2n) is 5.71. The predicted molar refractivity (Wildman–Crippen MR) is 99.5 cm³/mol. The number of rotatable bonds is 7. The zero-order valence-corrected chi connectivity index (χ0v) is 15.6. The van der Waals surface area contributed by atoms with Crippen LogP contribution in [0.3, 0.4) is 0 Å². The summed E-state index contributed by atoms with van der Waals surface area (Å²) in [7, 11) is 2.87. The number of ketones is 1. The van der Waals surface area contributed by atoms with Gasteiger partial charge in [-0.05, 0) is 50.2 Å². The lowest BCUT2D eigenvalue weighted by Crippen LogP contribution is -2.30. The third kappa shape index (κ3) is 4.84. The molecule has 0 aromatic heterocycles. The molecule has 0 heterocycles. The van der Waals surface area contributed by atoms with Gasteiger partial charge in [-0.2, -0.15) is 0 Å². The molecule has 0 fully saturated rings. The summed E-state index contributed by atoms with van der Waals surface area (Å²) in [5.74, 6) is -0.657. The van der Waals surface area contributed by atoms with E-state index in [9.17, 15) is 14.4 Å². The Morgan fingerprint density at radius 3 is 2.19 bits per heavy atom. The Kier molecular flexibility index (Phi) is 6.54. The maximum atomic E-state index is 12.4. The number of hydrogen-bond donors (Lipinski definition) is 1. The molecule has 142 valence electrons. The molecule has 0 aliphatic carbocycles. The highest BCUT2D eigenvalue weighted by Gasteiger charge is 2.23. The standard InChI is InChI=1S/C20H21NO6/c1-12(22)14-8-10-15(11-9-14)21-19(23)13(2)27-20(24)16-6-5-7-17(25-3)18(16)26-4/h5-11,13H,1-4H3,(H,21,23)/t13-/m0/s1. The molecule has 0 unspecified atom stereocenters. The number of methoxy groups -OCH3 is 2. The molecule has 7 heteroatoms. The number of benzene rings is 2. The molecule has 2 aromatic carbocycles. The second kappa shape index (κ2) is 8.84. The Hall–Kier alpha value is -3.35. The highest BCUT2D eigenvalue weighted by Crippen LogP contribution is 2.31. The third-order valence-corrected chi connectivity index (χ3v) is 3.83. The smallest absolute Gasteiger partial charge is 0.342 e. The molecule has 1 amide bonds. The molecule has 2 aromatic rings. The van der Waals surface area contributed by atoms with Crippen molar-refractivity contribution in [3.63, 3.8) is 0 Å². The summed E-state index contributed by atoms with van der Waals surface area (Å²) in [5, 5.41) is 2.63. The summed E-state index contributed by atoms with van der Waals surface area (Å²) >= 11 is 0. The molecule has 7 nitrogen and oxygen atoms in total. The van der Waals surface area contributed by atoms with Crippen molar-refractivity contribution in [2.45, 2.75) is 20.0 Å². The number of esters is 1. The van der Waals surface area contributed by atoms with Gasteiger partial charge in [-0.1, -0.05) is 6.07 Å². The molecule has 27 heavy (non-hydrogen) atoms. The van der Waals surface area contributed by atoms with Gasteiger partial charge in [-0.25, -0.2) is 4.79 Å². The van der Waals surface area contributed by atoms with Crippen LogP contribution in [0, 0.1) is 0 Å². The number of ether oxygens (including phenoxy) is 3. The zero-order chi connectivity index (χ0) is 20.0. The summed E-state index contributed by atoms with van der Waals surface area (Å²) in [6.07, 6.45) is -1.04. The first kappa shape index (κ1) is 20.0. The van der Waals surface area contributed by atoms with Crippen molar-refractivity contribution in [2.75, 3.05) is 19.5 Å². The predicted octanol–water partition coefficient (Wildman–Crippen LogP) is 3.09. The fraction of sp³-hybridized carbons (Fsp3) is 0.250. The van der Waals surface area contributed by atoms with Gasteiger partial charge >= 0.3 is 5.97 Å². The van der Waals surface area contributed by atoms with Gasteiger partial charge in [-0.3, -0.25) is 9.59 Å². The van der Waals surface area contributed by atoms with E-state index in [-0.39, 0.29) is 17.1 Å². The zero-order valence-electron chi connectivity index (χ0n) is 15.6. The molecule has 0 saturated heterocycles. The molecule has 0 saturated carbocycles. The lowest BCUT2D eigenvalue weighted by atomic mass is 10.1. The fourth-order valence-electron chi connectivity index (χ4n) is 2.36. The van der Waals surface area contributed by atoms with Crippen molar-refractivity contribution >= 4 is 23.3 Å². The maximum absolute atomic E-state index is 12.4. The largest absolute Gasteiger partial charge is 0.493 e. The van der Waals surface area contributed by atoms with Gasteiger partial charge in [0.15, 0.2) is 23.4 Å². The van der Waals surface area contributed by atoms with Crippen molar-refractivity contribution in [2.24, 2.45) is 0 Å². The quantitative estimate of drug-likeness (QED) is 0.594. The number of amides is 1. The number of Topliss-reactive ketones (excluding diaryl/α,β-unsaturated/α-hetero) is 1. The molecule has 0 aliphatic rings. The van der Waals surface area contributed by atoms with Gasteiger partial charge in [-0.15, -0.1) is 0 Å². The minimum Gasteiger partial charge on any atom is -0.493 e. The van der Waals surface area contributed by atoms with Crippen LogP contribution < -0.4 is 14.8 Å². The van der Waals surface area contributed by atoms with E-state index in [1.807, 2.05) is 0 Å². The molecule has 2 rings (SSSR count). The molecule has 1 atom stereocenters.